The number of carbonyl (C=O) groups excluding carboxylic acids is 2. The number of hydrogen-bond acceptors (Lipinski definition) is 6. The van der Waals surface area contributed by atoms with Gasteiger partial charge in [0.2, 0.25) is 0 Å². The third kappa shape index (κ3) is 4.82. The van der Waals surface area contributed by atoms with Crippen LogP contribution in [0.3, 0.4) is 0 Å². The summed E-state index contributed by atoms with van der Waals surface area (Å²) in [6, 6.07) is 10.6. The van der Waals surface area contributed by atoms with E-state index < -0.39 is 5.97 Å². The van der Waals surface area contributed by atoms with Crippen LogP contribution in [0.4, 0.5) is 0 Å². The Morgan fingerprint density at radius 3 is 2.46 bits per heavy atom. The van der Waals surface area contributed by atoms with Crippen molar-refractivity contribution in [2.24, 2.45) is 0 Å². The number of hydrogen-bond donors (Lipinski definition) is 0. The van der Waals surface area contributed by atoms with E-state index in [1.807, 2.05) is 25.1 Å². The molecule has 0 aliphatic carbocycles. The van der Waals surface area contributed by atoms with Crippen LogP contribution in [0, 0.1) is 6.92 Å². The molecule has 0 unspecified atom stereocenters. The number of Topliss-reactive ketones (excluding diaryl/α,β-unsaturated/α-hetero) is 1. The van der Waals surface area contributed by atoms with E-state index in [4.69, 9.17) is 18.9 Å². The molecule has 6 nitrogen and oxygen atoms in total. The third-order valence-electron chi connectivity index (χ3n) is 4.45. The number of fused-ring (bicyclic) bond motifs is 1. The summed E-state index contributed by atoms with van der Waals surface area (Å²) in [6.07, 6.45) is 0. The Morgan fingerprint density at radius 2 is 1.75 bits per heavy atom. The van der Waals surface area contributed by atoms with Crippen LogP contribution in [0.15, 0.2) is 36.4 Å². The van der Waals surface area contributed by atoms with Crippen molar-refractivity contribution in [1.29, 1.82) is 0 Å². The minimum Gasteiger partial charge on any atom is -0.486 e. The highest BCUT2D eigenvalue weighted by Gasteiger charge is 2.16. The third-order valence-corrected chi connectivity index (χ3v) is 4.45. The van der Waals surface area contributed by atoms with Crippen LogP contribution in [0.25, 0.3) is 0 Å². The summed E-state index contributed by atoms with van der Waals surface area (Å²) in [5.74, 6) is 1.22. The summed E-state index contributed by atoms with van der Waals surface area (Å²) in [5, 5.41) is 0. The Hall–Kier alpha value is -3.02. The standard InChI is InChI=1S/C22H24O6/c1-14(2)18-6-5-17(10-15(18)3)27-13-22(24)28-12-19(23)16-4-7-20-21(11-16)26-9-8-25-20/h4-7,10-11,14H,8-9,12-13H2,1-3H3. The Balaban J connectivity index is 1.49. The molecule has 3 rings (SSSR count). The Bertz CT molecular complexity index is 871. The molecule has 0 N–H and O–H groups in total. The van der Waals surface area contributed by atoms with Gasteiger partial charge < -0.3 is 18.9 Å². The number of ketones is 1. The van der Waals surface area contributed by atoms with E-state index in [1.54, 1.807) is 18.2 Å². The quantitative estimate of drug-likeness (QED) is 0.536. The summed E-state index contributed by atoms with van der Waals surface area (Å²) in [6.45, 7) is 6.57. The van der Waals surface area contributed by atoms with Gasteiger partial charge in [0.15, 0.2) is 30.5 Å². The molecule has 2 aromatic rings. The number of benzene rings is 2. The first-order chi connectivity index (χ1) is 13.4. The summed E-state index contributed by atoms with van der Waals surface area (Å²) in [4.78, 5) is 24.1. The zero-order valence-corrected chi connectivity index (χ0v) is 16.3. The lowest BCUT2D eigenvalue weighted by Crippen LogP contribution is -2.20. The van der Waals surface area contributed by atoms with Gasteiger partial charge in [0.1, 0.15) is 19.0 Å². The number of esters is 1. The van der Waals surface area contributed by atoms with Crippen molar-refractivity contribution in [3.8, 4) is 17.2 Å². The number of rotatable bonds is 7. The van der Waals surface area contributed by atoms with Crippen LogP contribution >= 0.6 is 0 Å². The second-order valence-electron chi connectivity index (χ2n) is 6.90. The molecule has 1 aliphatic rings. The number of carbonyl (C=O) groups is 2. The molecule has 0 amide bonds. The molecule has 0 radical (unpaired) electrons. The number of ether oxygens (including phenoxy) is 4. The largest absolute Gasteiger partial charge is 0.486 e. The maximum absolute atomic E-state index is 12.2. The zero-order chi connectivity index (χ0) is 20.1. The summed E-state index contributed by atoms with van der Waals surface area (Å²) in [5.41, 5.74) is 2.74. The second kappa shape index (κ2) is 8.78. The maximum Gasteiger partial charge on any atom is 0.344 e. The molecule has 0 saturated heterocycles. The van der Waals surface area contributed by atoms with Crippen LogP contribution in [0.2, 0.25) is 0 Å². The lowest BCUT2D eigenvalue weighted by Gasteiger charge is -2.18. The number of aryl methyl sites for hydroxylation is 1. The zero-order valence-electron chi connectivity index (χ0n) is 16.3. The molecular weight excluding hydrogens is 360 g/mol. The van der Waals surface area contributed by atoms with Gasteiger partial charge in [-0.1, -0.05) is 19.9 Å². The van der Waals surface area contributed by atoms with Crippen molar-refractivity contribution < 1.29 is 28.5 Å². The molecule has 2 aromatic carbocycles. The minimum atomic E-state index is -0.600. The van der Waals surface area contributed by atoms with Gasteiger partial charge in [-0.25, -0.2) is 4.79 Å². The highest BCUT2D eigenvalue weighted by molar-refractivity contribution is 5.98. The summed E-state index contributed by atoms with van der Waals surface area (Å²) < 4.78 is 21.4. The molecule has 0 fully saturated rings. The predicted octanol–water partition coefficient (Wildman–Crippen LogP) is 3.69. The monoisotopic (exact) mass is 384 g/mol. The first kappa shape index (κ1) is 19.7. The topological polar surface area (TPSA) is 71.1 Å². The molecule has 6 heteroatoms. The first-order valence-corrected chi connectivity index (χ1v) is 9.26. The van der Waals surface area contributed by atoms with Crippen LogP contribution in [0.1, 0.15) is 41.3 Å². The lowest BCUT2D eigenvalue weighted by molar-refractivity contribution is -0.144. The van der Waals surface area contributed by atoms with Gasteiger partial charge in [-0.2, -0.15) is 0 Å². The van der Waals surface area contributed by atoms with Crippen molar-refractivity contribution in [3.05, 3.63) is 53.1 Å². The van der Waals surface area contributed by atoms with E-state index in [9.17, 15) is 9.59 Å². The summed E-state index contributed by atoms with van der Waals surface area (Å²) >= 11 is 0. The second-order valence-corrected chi connectivity index (χ2v) is 6.90. The Labute approximate surface area is 164 Å². The van der Waals surface area contributed by atoms with E-state index in [0.29, 0.717) is 41.9 Å². The average Bonchev–Trinajstić information content (AvgIpc) is 2.69. The maximum atomic E-state index is 12.2. The summed E-state index contributed by atoms with van der Waals surface area (Å²) in [7, 11) is 0. The SMILES string of the molecule is Cc1cc(OCC(=O)OCC(=O)c2ccc3c(c2)OCCO3)ccc1C(C)C. The minimum absolute atomic E-state index is 0.255. The van der Waals surface area contributed by atoms with Gasteiger partial charge in [-0.05, 0) is 54.3 Å². The molecule has 0 bridgehead atoms. The van der Waals surface area contributed by atoms with Crippen LogP contribution in [0.5, 0.6) is 17.2 Å². The molecule has 1 aliphatic heterocycles. The molecule has 0 spiro atoms. The molecule has 0 atom stereocenters. The normalized spacial score (nSPS) is 12.6. The van der Waals surface area contributed by atoms with Crippen molar-refractivity contribution in [1.82, 2.24) is 0 Å². The fourth-order valence-corrected chi connectivity index (χ4v) is 3.02. The first-order valence-electron chi connectivity index (χ1n) is 9.26. The Morgan fingerprint density at radius 1 is 1.00 bits per heavy atom. The molecule has 1 heterocycles. The van der Waals surface area contributed by atoms with E-state index in [-0.39, 0.29) is 19.0 Å². The van der Waals surface area contributed by atoms with E-state index >= 15 is 0 Å². The smallest absolute Gasteiger partial charge is 0.344 e. The van der Waals surface area contributed by atoms with E-state index in [2.05, 4.69) is 13.8 Å². The molecule has 148 valence electrons. The fourth-order valence-electron chi connectivity index (χ4n) is 3.02. The van der Waals surface area contributed by atoms with Gasteiger partial charge in [-0.15, -0.1) is 0 Å². The van der Waals surface area contributed by atoms with Gasteiger partial charge in [-0.3, -0.25) is 4.79 Å². The van der Waals surface area contributed by atoms with Gasteiger partial charge in [0.25, 0.3) is 0 Å². The van der Waals surface area contributed by atoms with Gasteiger partial charge in [0, 0.05) is 5.56 Å². The van der Waals surface area contributed by atoms with Gasteiger partial charge in [0.05, 0.1) is 0 Å². The van der Waals surface area contributed by atoms with Crippen molar-refractivity contribution in [3.63, 3.8) is 0 Å². The van der Waals surface area contributed by atoms with Crippen molar-refractivity contribution in [2.45, 2.75) is 26.7 Å². The van der Waals surface area contributed by atoms with Crippen molar-refractivity contribution in [2.75, 3.05) is 26.4 Å². The Kier molecular flexibility index (Phi) is 6.19. The molecular formula is C22H24O6. The average molecular weight is 384 g/mol. The van der Waals surface area contributed by atoms with E-state index in [0.717, 1.165) is 5.56 Å². The predicted molar refractivity (Wildman–Crippen MR) is 103 cm³/mol. The highest BCUT2D eigenvalue weighted by Crippen LogP contribution is 2.30. The molecule has 0 saturated carbocycles. The molecule has 0 aromatic heterocycles. The highest BCUT2D eigenvalue weighted by atomic mass is 16.6. The van der Waals surface area contributed by atoms with Crippen LogP contribution in [-0.2, 0) is 9.53 Å². The van der Waals surface area contributed by atoms with Crippen LogP contribution in [-0.4, -0.2) is 38.2 Å². The lowest BCUT2D eigenvalue weighted by atomic mass is 9.98. The molecule has 28 heavy (non-hydrogen) atoms. The van der Waals surface area contributed by atoms with Gasteiger partial charge >= 0.3 is 5.97 Å². The van der Waals surface area contributed by atoms with Crippen LogP contribution < -0.4 is 14.2 Å². The van der Waals surface area contributed by atoms with Crippen molar-refractivity contribution >= 4 is 11.8 Å². The fraction of sp³-hybridized carbons (Fsp3) is 0.364. The van der Waals surface area contributed by atoms with E-state index in [1.165, 1.54) is 5.56 Å².